The molecule has 0 amide bonds. The quantitative estimate of drug-likeness (QED) is 0.606. The summed E-state index contributed by atoms with van der Waals surface area (Å²) in [5, 5.41) is 0. The average Bonchev–Trinajstić information content (AvgIpc) is 2.35. The van der Waals surface area contributed by atoms with Crippen molar-refractivity contribution in [2.45, 2.75) is 46.5 Å². The number of carbonyl (C=O) groups is 1. The Morgan fingerprint density at radius 2 is 1.65 bits per heavy atom. The zero-order chi connectivity index (χ0) is 15.6. The van der Waals surface area contributed by atoms with Crippen LogP contribution in [0.15, 0.2) is 24.3 Å². The lowest BCUT2D eigenvalue weighted by Crippen LogP contribution is -2.39. The molecule has 0 heterocycles. The molecule has 1 atom stereocenters. The molecule has 0 radical (unpaired) electrons. The number of methoxy groups -OCH3 is 1. The molecule has 1 aromatic carbocycles. The lowest BCUT2D eigenvalue weighted by molar-refractivity contribution is -0.156. The molecular weight excluding hydrogens is 268 g/mol. The lowest BCUT2D eigenvalue weighted by Gasteiger charge is -2.36. The van der Waals surface area contributed by atoms with Gasteiger partial charge in [-0.25, -0.2) is 0 Å². The van der Waals surface area contributed by atoms with Gasteiger partial charge in [0.25, 0.3) is 0 Å². The summed E-state index contributed by atoms with van der Waals surface area (Å²) in [6.45, 7) is 12.2. The maximum absolute atomic E-state index is 12.1. The molecule has 0 bridgehead atoms. The van der Waals surface area contributed by atoms with Crippen molar-refractivity contribution in [3.8, 4) is 0 Å². The van der Waals surface area contributed by atoms with Crippen molar-refractivity contribution in [2.24, 2.45) is 5.41 Å². The third-order valence-electron chi connectivity index (χ3n) is 3.22. The highest BCUT2D eigenvalue weighted by Gasteiger charge is 2.41. The van der Waals surface area contributed by atoms with Gasteiger partial charge >= 0.3 is 5.97 Å². The van der Waals surface area contributed by atoms with Crippen molar-refractivity contribution in [3.63, 3.8) is 0 Å². The van der Waals surface area contributed by atoms with E-state index in [1.54, 1.807) is 0 Å². The Balaban J connectivity index is 3.21. The standard InChI is InChI=1S/C16H26O3Si/c1-12-8-10-13(11-9-12)14(19-20(5,6)7)16(2,3)15(17)18-4/h8-11,14H,1-7H3. The summed E-state index contributed by atoms with van der Waals surface area (Å²) in [6, 6.07) is 8.15. The predicted octanol–water partition coefficient (Wildman–Crippen LogP) is 4.09. The Bertz CT molecular complexity index is 458. The minimum atomic E-state index is -1.79. The SMILES string of the molecule is COC(=O)C(C)(C)C(O[Si](C)(C)C)c1ccc(C)cc1. The van der Waals surface area contributed by atoms with Gasteiger partial charge in [-0.15, -0.1) is 0 Å². The van der Waals surface area contributed by atoms with Gasteiger partial charge < -0.3 is 9.16 Å². The molecule has 20 heavy (non-hydrogen) atoms. The van der Waals surface area contributed by atoms with Crippen LogP contribution in [0.3, 0.4) is 0 Å². The fraction of sp³-hybridized carbons (Fsp3) is 0.562. The second-order valence-electron chi connectivity index (χ2n) is 6.73. The van der Waals surface area contributed by atoms with Crippen molar-refractivity contribution in [2.75, 3.05) is 7.11 Å². The predicted molar refractivity (Wildman–Crippen MR) is 84.1 cm³/mol. The van der Waals surface area contributed by atoms with Crippen LogP contribution in [-0.4, -0.2) is 21.4 Å². The number of benzene rings is 1. The van der Waals surface area contributed by atoms with E-state index in [9.17, 15) is 4.79 Å². The molecule has 3 nitrogen and oxygen atoms in total. The first kappa shape index (κ1) is 16.9. The summed E-state index contributed by atoms with van der Waals surface area (Å²) in [5.41, 5.74) is 1.49. The zero-order valence-electron chi connectivity index (χ0n) is 13.6. The minimum Gasteiger partial charge on any atom is -0.469 e. The number of rotatable bonds is 5. The molecule has 1 aromatic rings. The van der Waals surface area contributed by atoms with E-state index >= 15 is 0 Å². The molecule has 4 heteroatoms. The van der Waals surface area contributed by atoms with Gasteiger partial charge in [-0.2, -0.15) is 0 Å². The van der Waals surface area contributed by atoms with Gasteiger partial charge in [0.1, 0.15) is 0 Å². The highest BCUT2D eigenvalue weighted by atomic mass is 28.4. The fourth-order valence-electron chi connectivity index (χ4n) is 2.10. The van der Waals surface area contributed by atoms with Gasteiger partial charge in [-0.3, -0.25) is 4.79 Å². The number of carbonyl (C=O) groups excluding carboxylic acids is 1. The summed E-state index contributed by atoms with van der Waals surface area (Å²) in [7, 11) is -0.371. The van der Waals surface area contributed by atoms with Crippen molar-refractivity contribution >= 4 is 14.3 Å². The average molecular weight is 294 g/mol. The molecule has 112 valence electrons. The highest BCUT2D eigenvalue weighted by Crippen LogP contribution is 2.39. The van der Waals surface area contributed by atoms with Crippen LogP contribution in [0.2, 0.25) is 19.6 Å². The molecule has 0 spiro atoms. The molecule has 0 N–H and O–H groups in total. The summed E-state index contributed by atoms with van der Waals surface area (Å²) < 4.78 is 11.2. The third kappa shape index (κ3) is 4.18. The monoisotopic (exact) mass is 294 g/mol. The van der Waals surface area contributed by atoms with Crippen LogP contribution in [-0.2, 0) is 14.0 Å². The summed E-state index contributed by atoms with van der Waals surface area (Å²) in [6.07, 6.45) is -0.290. The van der Waals surface area contributed by atoms with Crippen LogP contribution in [0, 0.1) is 12.3 Å². The number of hydrogen-bond acceptors (Lipinski definition) is 3. The summed E-state index contributed by atoms with van der Waals surface area (Å²) >= 11 is 0. The van der Waals surface area contributed by atoms with Crippen molar-refractivity contribution in [3.05, 3.63) is 35.4 Å². The molecule has 0 saturated heterocycles. The second kappa shape index (κ2) is 6.10. The van der Waals surface area contributed by atoms with Crippen molar-refractivity contribution in [1.82, 2.24) is 0 Å². The van der Waals surface area contributed by atoms with Crippen LogP contribution in [0.5, 0.6) is 0 Å². The smallest absolute Gasteiger partial charge is 0.314 e. The van der Waals surface area contributed by atoms with Gasteiger partial charge in [0.2, 0.25) is 0 Å². The second-order valence-corrected chi connectivity index (χ2v) is 11.2. The molecule has 1 unspecified atom stereocenters. The molecular formula is C16H26O3Si. The molecule has 0 aliphatic rings. The Morgan fingerprint density at radius 3 is 2.05 bits per heavy atom. The van der Waals surface area contributed by atoms with Gasteiger partial charge in [0, 0.05) is 0 Å². The van der Waals surface area contributed by atoms with Crippen LogP contribution in [0.25, 0.3) is 0 Å². The van der Waals surface area contributed by atoms with Crippen LogP contribution >= 0.6 is 0 Å². The van der Waals surface area contributed by atoms with Crippen LogP contribution < -0.4 is 0 Å². The molecule has 0 saturated carbocycles. The summed E-state index contributed by atoms with van der Waals surface area (Å²) in [5.74, 6) is -0.249. The number of ether oxygens (including phenoxy) is 1. The maximum atomic E-state index is 12.1. The van der Waals surface area contributed by atoms with E-state index in [4.69, 9.17) is 9.16 Å². The molecule has 0 aromatic heterocycles. The van der Waals surface area contributed by atoms with E-state index in [0.717, 1.165) is 5.56 Å². The van der Waals surface area contributed by atoms with Crippen molar-refractivity contribution in [1.29, 1.82) is 0 Å². The molecule has 1 rings (SSSR count). The van der Waals surface area contributed by atoms with Crippen LogP contribution in [0.1, 0.15) is 31.1 Å². The van der Waals surface area contributed by atoms with E-state index in [1.165, 1.54) is 12.7 Å². The Kier molecular flexibility index (Phi) is 5.16. The van der Waals surface area contributed by atoms with Crippen LogP contribution in [0.4, 0.5) is 0 Å². The van der Waals surface area contributed by atoms with Gasteiger partial charge in [0.15, 0.2) is 8.32 Å². The first-order valence-electron chi connectivity index (χ1n) is 6.91. The van der Waals surface area contributed by atoms with E-state index in [-0.39, 0.29) is 12.1 Å². The topological polar surface area (TPSA) is 35.5 Å². The molecule has 0 fully saturated rings. The fourth-order valence-corrected chi connectivity index (χ4v) is 3.23. The molecule has 0 aliphatic carbocycles. The van der Waals surface area contributed by atoms with E-state index in [2.05, 4.69) is 19.6 Å². The Morgan fingerprint density at radius 1 is 1.15 bits per heavy atom. The number of esters is 1. The largest absolute Gasteiger partial charge is 0.469 e. The van der Waals surface area contributed by atoms with Crippen molar-refractivity contribution < 1.29 is 14.0 Å². The molecule has 0 aliphatic heterocycles. The van der Waals surface area contributed by atoms with E-state index in [1.807, 2.05) is 45.0 Å². The highest BCUT2D eigenvalue weighted by molar-refractivity contribution is 6.69. The van der Waals surface area contributed by atoms with Gasteiger partial charge in [0.05, 0.1) is 18.6 Å². The first-order valence-corrected chi connectivity index (χ1v) is 10.3. The zero-order valence-corrected chi connectivity index (χ0v) is 14.6. The Hall–Kier alpha value is -1.13. The third-order valence-corrected chi connectivity index (χ3v) is 4.16. The minimum absolute atomic E-state index is 0.249. The number of aryl methyl sites for hydroxylation is 1. The summed E-state index contributed by atoms with van der Waals surface area (Å²) in [4.78, 5) is 12.1. The lowest BCUT2D eigenvalue weighted by atomic mass is 9.82. The Labute approximate surface area is 123 Å². The first-order chi connectivity index (χ1) is 9.08. The number of hydrogen-bond donors (Lipinski definition) is 0. The van der Waals surface area contributed by atoms with Gasteiger partial charge in [-0.05, 0) is 46.0 Å². The van der Waals surface area contributed by atoms with Gasteiger partial charge in [-0.1, -0.05) is 29.8 Å². The van der Waals surface area contributed by atoms with E-state index < -0.39 is 13.7 Å². The van der Waals surface area contributed by atoms with E-state index in [0.29, 0.717) is 0 Å². The normalized spacial score (nSPS) is 13.9. The maximum Gasteiger partial charge on any atom is 0.314 e.